The van der Waals surface area contributed by atoms with Gasteiger partial charge in [-0.1, -0.05) is 0 Å². The fourth-order valence-corrected chi connectivity index (χ4v) is 1.83. The van der Waals surface area contributed by atoms with Gasteiger partial charge in [0, 0.05) is 0 Å². The summed E-state index contributed by atoms with van der Waals surface area (Å²) in [6.07, 6.45) is -11.6. The van der Waals surface area contributed by atoms with Crippen LogP contribution in [0.5, 0.6) is 0 Å². The number of alkyl halides is 1. The number of hydrogen-bond donors (Lipinski definition) is 1. The molecule has 0 aliphatic carbocycles. The minimum Gasteiger partial charge on any atom is -0.388 e. The fourth-order valence-electron chi connectivity index (χ4n) is 1.44. The Morgan fingerprint density at radius 2 is 1.73 bits per heavy atom. The van der Waals surface area contributed by atoms with Gasteiger partial charge in [0.15, 0.2) is 12.3 Å². The highest BCUT2D eigenvalue weighted by molar-refractivity contribution is 9.18. The Morgan fingerprint density at radius 1 is 1.18 bits per heavy atom. The standard InChI is InChI=1S/C12H16BrFO8/c13-12(19)11(22-6-3-17)9(14)10(21-5-2-16)8(18)7-20-4-1-15/h1-3,8-11,18H,4-7H2/t8-,9+,10-,11-/m1/s1/i1D,2D,3D. The zero-order chi connectivity index (χ0) is 19.6. The van der Waals surface area contributed by atoms with E-state index in [4.69, 9.17) is 8.85 Å². The van der Waals surface area contributed by atoms with E-state index in [1.54, 1.807) is 0 Å². The summed E-state index contributed by atoms with van der Waals surface area (Å²) in [5, 5.41) is 9.89. The molecular formula is C12H16BrFO8. The van der Waals surface area contributed by atoms with Crippen LogP contribution in [0, 0.1) is 0 Å². The van der Waals surface area contributed by atoms with E-state index in [0.29, 0.717) is 0 Å². The van der Waals surface area contributed by atoms with E-state index in [9.17, 15) is 28.7 Å². The summed E-state index contributed by atoms with van der Waals surface area (Å²) in [6, 6.07) is 0. The van der Waals surface area contributed by atoms with Gasteiger partial charge in [0.2, 0.25) is 4.69 Å². The lowest BCUT2D eigenvalue weighted by atomic mass is 10.0. The second kappa shape index (κ2) is 12.5. The first-order valence-electron chi connectivity index (χ1n) is 7.37. The highest BCUT2D eigenvalue weighted by atomic mass is 79.9. The Bertz CT molecular complexity index is 495. The molecule has 0 radical (unpaired) electrons. The number of aliphatic hydroxyl groups is 1. The third-order valence-electron chi connectivity index (χ3n) is 2.31. The molecule has 0 amide bonds. The van der Waals surface area contributed by atoms with Crippen LogP contribution in [0.15, 0.2) is 0 Å². The molecule has 0 spiro atoms. The molecule has 0 aliphatic rings. The number of ether oxygens (including phenoxy) is 3. The molecule has 22 heavy (non-hydrogen) atoms. The molecule has 126 valence electrons. The van der Waals surface area contributed by atoms with Crippen molar-refractivity contribution in [3.63, 3.8) is 0 Å². The highest BCUT2D eigenvalue weighted by Gasteiger charge is 2.39. The first-order valence-corrected chi connectivity index (χ1v) is 6.66. The van der Waals surface area contributed by atoms with E-state index in [1.165, 1.54) is 0 Å². The lowest BCUT2D eigenvalue weighted by molar-refractivity contribution is -0.150. The molecule has 0 heterocycles. The van der Waals surface area contributed by atoms with Crippen molar-refractivity contribution in [2.24, 2.45) is 0 Å². The first kappa shape index (κ1) is 15.8. The average Bonchev–Trinajstić information content (AvgIpc) is 2.46. The van der Waals surface area contributed by atoms with Crippen molar-refractivity contribution in [3.8, 4) is 0 Å². The van der Waals surface area contributed by atoms with Gasteiger partial charge in [0.25, 0.3) is 0 Å². The van der Waals surface area contributed by atoms with Gasteiger partial charge in [-0.05, 0) is 15.9 Å². The molecule has 0 rings (SSSR count). The van der Waals surface area contributed by atoms with E-state index < -0.39 is 74.4 Å². The Balaban J connectivity index is 5.10. The Morgan fingerprint density at radius 3 is 2.23 bits per heavy atom. The Hall–Kier alpha value is -1.07. The maximum Gasteiger partial charge on any atom is 0.229 e. The molecular weight excluding hydrogens is 371 g/mol. The van der Waals surface area contributed by atoms with E-state index in [1.807, 2.05) is 0 Å². The van der Waals surface area contributed by atoms with Crippen molar-refractivity contribution in [1.29, 1.82) is 0 Å². The fraction of sp³-hybridized carbons (Fsp3) is 0.667. The van der Waals surface area contributed by atoms with Crippen molar-refractivity contribution < 1.29 is 47.0 Å². The number of halogens is 2. The minimum absolute atomic E-state index is 0.678. The molecule has 0 aliphatic heterocycles. The van der Waals surface area contributed by atoms with Crippen LogP contribution in [0.25, 0.3) is 0 Å². The van der Waals surface area contributed by atoms with Crippen LogP contribution in [0.4, 0.5) is 4.39 Å². The average molecular weight is 390 g/mol. The largest absolute Gasteiger partial charge is 0.388 e. The highest BCUT2D eigenvalue weighted by Crippen LogP contribution is 2.18. The van der Waals surface area contributed by atoms with Crippen LogP contribution >= 0.6 is 15.9 Å². The molecule has 8 nitrogen and oxygen atoms in total. The summed E-state index contributed by atoms with van der Waals surface area (Å²) < 4.78 is 47.6. The Labute approximate surface area is 138 Å². The molecule has 4 atom stereocenters. The van der Waals surface area contributed by atoms with Crippen molar-refractivity contribution in [1.82, 2.24) is 0 Å². The maximum absolute atomic E-state index is 14.6. The summed E-state index contributed by atoms with van der Waals surface area (Å²) in [5.74, 6) is 0. The van der Waals surface area contributed by atoms with E-state index in [-0.39, 0.29) is 0 Å². The van der Waals surface area contributed by atoms with Gasteiger partial charge in [-0.15, -0.1) is 0 Å². The lowest BCUT2D eigenvalue weighted by Crippen LogP contribution is -2.48. The Kier molecular flexibility index (Phi) is 8.96. The summed E-state index contributed by atoms with van der Waals surface area (Å²) in [6.45, 7) is -3.20. The molecule has 0 aromatic heterocycles. The minimum atomic E-state index is -2.41. The van der Waals surface area contributed by atoms with Crippen LogP contribution in [0.1, 0.15) is 4.11 Å². The lowest BCUT2D eigenvalue weighted by Gasteiger charge is -2.28. The number of carbonyl (C=O) groups is 4. The van der Waals surface area contributed by atoms with Gasteiger partial charge in [-0.2, -0.15) is 0 Å². The van der Waals surface area contributed by atoms with Crippen LogP contribution < -0.4 is 0 Å². The topological polar surface area (TPSA) is 116 Å². The zero-order valence-electron chi connectivity index (χ0n) is 14.2. The smallest absolute Gasteiger partial charge is 0.229 e. The molecule has 0 fully saturated rings. The van der Waals surface area contributed by atoms with Crippen LogP contribution in [-0.2, 0) is 33.4 Å². The normalized spacial score (nSPS) is 18.2. The number of hydrogen-bond acceptors (Lipinski definition) is 8. The number of aldehydes is 3. The molecule has 0 bridgehead atoms. The maximum atomic E-state index is 14.6. The second-order valence-corrected chi connectivity index (χ2v) is 4.55. The van der Waals surface area contributed by atoms with Gasteiger partial charge >= 0.3 is 0 Å². The predicted octanol–water partition coefficient (Wildman–Crippen LogP) is -1.01. The molecule has 0 unspecified atom stereocenters. The van der Waals surface area contributed by atoms with E-state index in [2.05, 4.69) is 25.4 Å². The molecule has 0 aromatic carbocycles. The third kappa shape index (κ3) is 7.80. The summed E-state index contributed by atoms with van der Waals surface area (Å²) in [4.78, 5) is 43.1. The van der Waals surface area contributed by atoms with Crippen molar-refractivity contribution in [2.75, 3.05) is 26.4 Å². The number of aliphatic hydroxyl groups excluding tert-OH is 1. The molecule has 0 aromatic rings. The molecule has 0 saturated heterocycles. The monoisotopic (exact) mass is 389 g/mol. The van der Waals surface area contributed by atoms with Gasteiger partial charge in [-0.3, -0.25) is 4.79 Å². The van der Waals surface area contributed by atoms with Crippen molar-refractivity contribution in [3.05, 3.63) is 0 Å². The first-order chi connectivity index (χ1) is 11.6. The zero-order valence-corrected chi connectivity index (χ0v) is 12.8. The van der Waals surface area contributed by atoms with E-state index >= 15 is 0 Å². The number of rotatable bonds is 14. The van der Waals surface area contributed by atoms with E-state index in [0.717, 1.165) is 0 Å². The van der Waals surface area contributed by atoms with Crippen molar-refractivity contribution >= 4 is 39.4 Å². The van der Waals surface area contributed by atoms with Gasteiger partial charge < -0.3 is 33.7 Å². The molecule has 1 N–H and O–H groups in total. The van der Waals surface area contributed by atoms with Crippen LogP contribution in [0.3, 0.4) is 0 Å². The van der Waals surface area contributed by atoms with Gasteiger partial charge in [0.1, 0.15) is 54.9 Å². The summed E-state index contributed by atoms with van der Waals surface area (Å²) >= 11 is 2.44. The quantitative estimate of drug-likeness (QED) is 0.296. The second-order valence-electron chi connectivity index (χ2n) is 3.77. The van der Waals surface area contributed by atoms with Gasteiger partial charge in [0.05, 0.1) is 6.61 Å². The number of carbonyl (C=O) groups excluding carboxylic acids is 4. The predicted molar refractivity (Wildman–Crippen MR) is 73.3 cm³/mol. The summed E-state index contributed by atoms with van der Waals surface area (Å²) in [7, 11) is 0. The summed E-state index contributed by atoms with van der Waals surface area (Å²) in [5.41, 5.74) is 0. The van der Waals surface area contributed by atoms with Gasteiger partial charge in [-0.25, -0.2) is 4.39 Å². The third-order valence-corrected chi connectivity index (χ3v) is 2.76. The molecule has 0 saturated carbocycles. The van der Waals surface area contributed by atoms with Crippen molar-refractivity contribution in [2.45, 2.75) is 24.5 Å². The SMILES string of the molecule is [2H]C(=O)COC[C@@H](O)[C@@H](OCC([2H])=O)[C@H](F)[C@@H](OCC([2H])=O)C(=O)Br. The van der Waals surface area contributed by atoms with Crippen LogP contribution in [-0.4, -0.2) is 79.5 Å². The van der Waals surface area contributed by atoms with Crippen LogP contribution in [0.2, 0.25) is 0 Å². The molecule has 10 heteroatoms.